The number of carbonyl (C=O) groups excluding carboxylic acids is 1. The molecule has 1 aliphatic heterocycles. The summed E-state index contributed by atoms with van der Waals surface area (Å²) >= 11 is 0. The summed E-state index contributed by atoms with van der Waals surface area (Å²) in [5.74, 6) is 0.917. The third-order valence-corrected chi connectivity index (χ3v) is 6.91. The Hall–Kier alpha value is -4.66. The van der Waals surface area contributed by atoms with Crippen LogP contribution >= 0.6 is 0 Å². The second-order valence-corrected chi connectivity index (χ2v) is 9.26. The lowest BCUT2D eigenvalue weighted by atomic mass is 10.0. The summed E-state index contributed by atoms with van der Waals surface area (Å²) in [7, 11) is 3.74. The second-order valence-electron chi connectivity index (χ2n) is 9.26. The first-order valence-corrected chi connectivity index (χ1v) is 12.3. The maximum absolute atomic E-state index is 13.0. The van der Waals surface area contributed by atoms with E-state index < -0.39 is 0 Å². The largest absolute Gasteiger partial charge is 0.353 e. The first kappa shape index (κ1) is 22.8. The van der Waals surface area contributed by atoms with Gasteiger partial charge in [0, 0.05) is 93.0 Å². The third kappa shape index (κ3) is 4.40. The number of amides is 2. The van der Waals surface area contributed by atoms with Crippen LogP contribution in [0.25, 0.3) is 27.8 Å². The van der Waals surface area contributed by atoms with Crippen molar-refractivity contribution in [2.24, 2.45) is 7.05 Å². The molecule has 0 atom stereocenters. The minimum Gasteiger partial charge on any atom is -0.353 e. The van der Waals surface area contributed by atoms with Crippen LogP contribution in [0.15, 0.2) is 85.6 Å². The van der Waals surface area contributed by atoms with Gasteiger partial charge in [-0.15, -0.1) is 0 Å². The van der Waals surface area contributed by atoms with E-state index >= 15 is 0 Å². The lowest BCUT2D eigenvalue weighted by Gasteiger charge is -2.37. The lowest BCUT2D eigenvalue weighted by molar-refractivity contribution is 0.202. The van der Waals surface area contributed by atoms with E-state index in [0.717, 1.165) is 52.4 Å². The van der Waals surface area contributed by atoms with Crippen molar-refractivity contribution in [1.29, 1.82) is 0 Å². The average molecular weight is 493 g/mol. The van der Waals surface area contributed by atoms with E-state index in [2.05, 4.69) is 33.3 Å². The number of aryl methyl sites for hydroxylation is 1. The fourth-order valence-electron chi connectivity index (χ4n) is 4.82. The van der Waals surface area contributed by atoms with Crippen LogP contribution in [0.5, 0.6) is 0 Å². The fraction of sp³-hybridized carbons (Fsp3) is 0.214. The summed E-state index contributed by atoms with van der Waals surface area (Å²) in [6.07, 6.45) is 9.61. The highest BCUT2D eigenvalue weighted by molar-refractivity contribution is 5.91. The molecule has 1 aliphatic rings. The molecule has 0 radical (unpaired) electrons. The molecule has 0 N–H and O–H groups in total. The first-order chi connectivity index (χ1) is 18.1. The van der Waals surface area contributed by atoms with E-state index in [0.29, 0.717) is 13.1 Å². The number of carbonyl (C=O) groups is 1. The van der Waals surface area contributed by atoms with Gasteiger partial charge in [0.05, 0.1) is 11.7 Å². The van der Waals surface area contributed by atoms with Crippen LogP contribution in [0.4, 0.5) is 16.3 Å². The van der Waals surface area contributed by atoms with Gasteiger partial charge < -0.3 is 9.80 Å². The van der Waals surface area contributed by atoms with Crippen molar-refractivity contribution in [2.45, 2.75) is 0 Å². The molecule has 4 aromatic heterocycles. The lowest BCUT2D eigenvalue weighted by Crippen LogP contribution is -2.52. The zero-order valence-electron chi connectivity index (χ0n) is 20.9. The van der Waals surface area contributed by atoms with E-state index in [1.165, 1.54) is 0 Å². The number of hydrogen-bond donors (Lipinski definition) is 0. The Kier molecular flexibility index (Phi) is 5.80. The Morgan fingerprint density at radius 1 is 0.865 bits per heavy atom. The number of rotatable bonds is 4. The van der Waals surface area contributed by atoms with Gasteiger partial charge in [-0.25, -0.2) is 14.3 Å². The normalized spacial score (nSPS) is 13.8. The minimum absolute atomic E-state index is 0.0208. The molecule has 0 saturated carbocycles. The summed E-state index contributed by atoms with van der Waals surface area (Å²) in [5.41, 5.74) is 6.10. The van der Waals surface area contributed by atoms with Gasteiger partial charge in [0.1, 0.15) is 5.82 Å². The SMILES string of the molecule is CN(C(=O)N1CCN(c2ccc(-c3cc(-c4cnn(C)c4)cn4nccc34)cn2)CC1)c1ccccc1. The summed E-state index contributed by atoms with van der Waals surface area (Å²) in [5, 5.41) is 8.78. The van der Waals surface area contributed by atoms with Gasteiger partial charge >= 0.3 is 6.03 Å². The van der Waals surface area contributed by atoms with E-state index in [9.17, 15) is 4.79 Å². The van der Waals surface area contributed by atoms with Crippen LogP contribution in [-0.2, 0) is 7.05 Å². The van der Waals surface area contributed by atoms with Crippen LogP contribution in [-0.4, -0.2) is 68.5 Å². The summed E-state index contributed by atoms with van der Waals surface area (Å²) < 4.78 is 3.69. The molecule has 0 unspecified atom stereocenters. The number of piperazine rings is 1. The smallest absolute Gasteiger partial charge is 0.324 e. The monoisotopic (exact) mass is 492 g/mol. The molecule has 5 aromatic rings. The molecular weight excluding hydrogens is 464 g/mol. The Balaban J connectivity index is 1.18. The van der Waals surface area contributed by atoms with Gasteiger partial charge in [0.15, 0.2) is 0 Å². The molecule has 5 heterocycles. The molecule has 186 valence electrons. The molecular formula is C28H28N8O. The van der Waals surface area contributed by atoms with Crippen molar-refractivity contribution in [3.05, 3.63) is 85.6 Å². The number of urea groups is 1. The zero-order valence-corrected chi connectivity index (χ0v) is 20.9. The second kappa shape index (κ2) is 9.42. The van der Waals surface area contributed by atoms with Crippen molar-refractivity contribution in [1.82, 2.24) is 29.3 Å². The minimum atomic E-state index is 0.0208. The number of anilines is 2. The predicted molar refractivity (Wildman–Crippen MR) is 145 cm³/mol. The summed E-state index contributed by atoms with van der Waals surface area (Å²) in [6.45, 7) is 2.79. The van der Waals surface area contributed by atoms with Crippen LogP contribution in [0.2, 0.25) is 0 Å². The number of pyridine rings is 2. The maximum Gasteiger partial charge on any atom is 0.324 e. The fourth-order valence-corrected chi connectivity index (χ4v) is 4.82. The molecule has 2 amide bonds. The van der Waals surface area contributed by atoms with Crippen molar-refractivity contribution >= 4 is 23.1 Å². The summed E-state index contributed by atoms with van der Waals surface area (Å²) in [6, 6.07) is 18.1. The van der Waals surface area contributed by atoms with Crippen LogP contribution < -0.4 is 9.80 Å². The Morgan fingerprint density at radius 2 is 1.68 bits per heavy atom. The van der Waals surface area contributed by atoms with Crippen molar-refractivity contribution in [2.75, 3.05) is 43.0 Å². The maximum atomic E-state index is 13.0. The first-order valence-electron chi connectivity index (χ1n) is 12.3. The number of benzene rings is 1. The van der Waals surface area contributed by atoms with E-state index in [1.54, 1.807) is 9.58 Å². The van der Waals surface area contributed by atoms with Crippen molar-refractivity contribution < 1.29 is 4.79 Å². The average Bonchev–Trinajstić information content (AvgIpc) is 3.61. The molecule has 1 fully saturated rings. The topological polar surface area (TPSA) is 74.8 Å². The van der Waals surface area contributed by atoms with Gasteiger partial charge in [0.2, 0.25) is 0 Å². The molecule has 9 heteroatoms. The Bertz CT molecular complexity index is 1530. The highest BCUT2D eigenvalue weighted by atomic mass is 16.2. The van der Waals surface area contributed by atoms with Crippen LogP contribution in [0, 0.1) is 0 Å². The molecule has 0 bridgehead atoms. The van der Waals surface area contributed by atoms with E-state index in [4.69, 9.17) is 4.98 Å². The molecule has 1 saturated heterocycles. The van der Waals surface area contributed by atoms with Gasteiger partial charge in [-0.3, -0.25) is 9.58 Å². The highest BCUT2D eigenvalue weighted by Crippen LogP contribution is 2.30. The molecule has 6 rings (SSSR count). The zero-order chi connectivity index (χ0) is 25.4. The van der Waals surface area contributed by atoms with Gasteiger partial charge in [-0.05, 0) is 36.4 Å². The number of fused-ring (bicyclic) bond motifs is 1. The Labute approximate surface area is 215 Å². The predicted octanol–water partition coefficient (Wildman–Crippen LogP) is 4.18. The van der Waals surface area contributed by atoms with Crippen LogP contribution in [0.3, 0.4) is 0 Å². The van der Waals surface area contributed by atoms with Gasteiger partial charge in [0.25, 0.3) is 0 Å². The molecule has 0 spiro atoms. The Morgan fingerprint density at radius 3 is 2.38 bits per heavy atom. The number of aromatic nitrogens is 5. The number of nitrogens with zero attached hydrogens (tertiary/aromatic N) is 8. The highest BCUT2D eigenvalue weighted by Gasteiger charge is 2.25. The van der Waals surface area contributed by atoms with Crippen LogP contribution in [0.1, 0.15) is 0 Å². The van der Waals surface area contributed by atoms with E-state index in [1.807, 2.05) is 90.9 Å². The number of para-hydroxylation sites is 1. The van der Waals surface area contributed by atoms with Gasteiger partial charge in [-0.2, -0.15) is 10.2 Å². The van der Waals surface area contributed by atoms with E-state index in [-0.39, 0.29) is 6.03 Å². The standard InChI is InChI=1S/C28H28N8O/c1-32-19-23(18-31-32)22-16-25(26-10-11-30-36(26)20-22)21-8-9-27(29-17-21)34-12-14-35(15-13-34)28(37)33(2)24-6-4-3-5-7-24/h3-11,16-20H,12-15H2,1-2H3. The third-order valence-electron chi connectivity index (χ3n) is 6.91. The number of hydrogen-bond acceptors (Lipinski definition) is 5. The van der Waals surface area contributed by atoms with Crippen molar-refractivity contribution in [3.8, 4) is 22.3 Å². The molecule has 37 heavy (non-hydrogen) atoms. The molecule has 9 nitrogen and oxygen atoms in total. The molecule has 0 aliphatic carbocycles. The quantitative estimate of drug-likeness (QED) is 0.376. The molecule has 1 aromatic carbocycles. The summed E-state index contributed by atoms with van der Waals surface area (Å²) in [4.78, 5) is 23.6. The van der Waals surface area contributed by atoms with Gasteiger partial charge in [-0.1, -0.05) is 18.2 Å². The van der Waals surface area contributed by atoms with Crippen molar-refractivity contribution in [3.63, 3.8) is 0 Å².